The van der Waals surface area contributed by atoms with Crippen molar-refractivity contribution >= 4 is 11.7 Å². The summed E-state index contributed by atoms with van der Waals surface area (Å²) in [4.78, 5) is 25.6. The Morgan fingerprint density at radius 2 is 1.69 bits per heavy atom. The molecule has 1 aliphatic heterocycles. The maximum atomic E-state index is 13.2. The van der Waals surface area contributed by atoms with Gasteiger partial charge in [0.05, 0.1) is 14.2 Å². The molecule has 2 aromatic carbocycles. The highest BCUT2D eigenvalue weighted by molar-refractivity contribution is 6.02. The van der Waals surface area contributed by atoms with Gasteiger partial charge in [0.15, 0.2) is 17.3 Å². The van der Waals surface area contributed by atoms with Crippen LogP contribution in [-0.4, -0.2) is 25.9 Å². The van der Waals surface area contributed by atoms with Crippen LogP contribution in [0.25, 0.3) is 0 Å². The SMILES string of the molecule is COc1ccc([C@H]2CC(=O)C3=C(C2)NC(=O)C[C@H]3c2cccc(C)c2)cc1OC. The largest absolute Gasteiger partial charge is 0.493 e. The van der Waals surface area contributed by atoms with Gasteiger partial charge in [-0.3, -0.25) is 9.59 Å². The van der Waals surface area contributed by atoms with Crippen LogP contribution in [0.4, 0.5) is 0 Å². The zero-order valence-corrected chi connectivity index (χ0v) is 17.0. The van der Waals surface area contributed by atoms with E-state index < -0.39 is 0 Å². The Bertz CT molecular complexity index is 1010. The normalized spacial score (nSPS) is 21.5. The molecule has 1 N–H and O–H groups in total. The first-order valence-corrected chi connectivity index (χ1v) is 9.84. The minimum Gasteiger partial charge on any atom is -0.493 e. The molecule has 1 aliphatic carbocycles. The molecule has 29 heavy (non-hydrogen) atoms. The highest BCUT2D eigenvalue weighted by atomic mass is 16.5. The summed E-state index contributed by atoms with van der Waals surface area (Å²) in [7, 11) is 3.20. The van der Waals surface area contributed by atoms with Gasteiger partial charge in [-0.1, -0.05) is 35.9 Å². The van der Waals surface area contributed by atoms with E-state index in [1.54, 1.807) is 14.2 Å². The molecule has 1 amide bonds. The standard InChI is InChI=1S/C24H25NO4/c1-14-5-4-6-16(9-14)18-13-23(27)25-19-10-17(11-20(26)24(18)19)15-7-8-21(28-2)22(12-15)29-3/h4-9,12,17-18H,10-11,13H2,1-3H3,(H,25,27)/t17-,18+/m1/s1. The Morgan fingerprint density at radius 1 is 0.897 bits per heavy atom. The maximum absolute atomic E-state index is 13.2. The number of carbonyl (C=O) groups is 2. The lowest BCUT2D eigenvalue weighted by Crippen LogP contribution is -2.38. The van der Waals surface area contributed by atoms with E-state index in [2.05, 4.69) is 11.4 Å². The molecule has 5 nitrogen and oxygen atoms in total. The number of allylic oxidation sites excluding steroid dienone is 2. The second kappa shape index (κ2) is 7.74. The number of Topliss-reactive ketones (excluding diaryl/α,β-unsaturated/α-hetero) is 1. The zero-order valence-electron chi connectivity index (χ0n) is 17.0. The van der Waals surface area contributed by atoms with E-state index in [1.165, 1.54) is 0 Å². The molecule has 0 radical (unpaired) electrons. The molecule has 2 aliphatic rings. The molecular weight excluding hydrogens is 366 g/mol. The van der Waals surface area contributed by atoms with Gasteiger partial charge < -0.3 is 14.8 Å². The number of hydrogen-bond acceptors (Lipinski definition) is 4. The molecule has 0 aromatic heterocycles. The monoisotopic (exact) mass is 391 g/mol. The van der Waals surface area contributed by atoms with Crippen molar-refractivity contribution in [2.45, 2.75) is 38.0 Å². The first-order valence-electron chi connectivity index (χ1n) is 9.84. The van der Waals surface area contributed by atoms with Gasteiger partial charge in [-0.15, -0.1) is 0 Å². The van der Waals surface area contributed by atoms with Crippen molar-refractivity contribution in [3.63, 3.8) is 0 Å². The number of amides is 1. The van der Waals surface area contributed by atoms with Gasteiger partial charge in [0.2, 0.25) is 5.91 Å². The second-order valence-corrected chi connectivity index (χ2v) is 7.75. The number of hydrogen-bond donors (Lipinski definition) is 1. The van der Waals surface area contributed by atoms with Crippen molar-refractivity contribution in [1.82, 2.24) is 5.32 Å². The molecule has 0 saturated heterocycles. The van der Waals surface area contributed by atoms with Gasteiger partial charge in [-0.25, -0.2) is 0 Å². The third-order valence-electron chi connectivity index (χ3n) is 5.86. The molecule has 0 saturated carbocycles. The van der Waals surface area contributed by atoms with E-state index in [0.29, 0.717) is 30.8 Å². The minimum absolute atomic E-state index is 0.00221. The maximum Gasteiger partial charge on any atom is 0.225 e. The van der Waals surface area contributed by atoms with Crippen LogP contribution in [-0.2, 0) is 9.59 Å². The van der Waals surface area contributed by atoms with Crippen LogP contribution in [0.3, 0.4) is 0 Å². The smallest absolute Gasteiger partial charge is 0.225 e. The van der Waals surface area contributed by atoms with Crippen LogP contribution < -0.4 is 14.8 Å². The van der Waals surface area contributed by atoms with Crippen LogP contribution in [0, 0.1) is 6.92 Å². The molecule has 0 fully saturated rings. The highest BCUT2D eigenvalue weighted by Crippen LogP contribution is 2.43. The summed E-state index contributed by atoms with van der Waals surface area (Å²) >= 11 is 0. The van der Waals surface area contributed by atoms with Gasteiger partial charge in [0.1, 0.15) is 0 Å². The summed E-state index contributed by atoms with van der Waals surface area (Å²) in [5.41, 5.74) is 4.71. The van der Waals surface area contributed by atoms with Crippen molar-refractivity contribution < 1.29 is 19.1 Å². The van der Waals surface area contributed by atoms with Crippen molar-refractivity contribution in [3.8, 4) is 11.5 Å². The number of aryl methyl sites for hydroxylation is 1. The third kappa shape index (κ3) is 3.65. The van der Waals surface area contributed by atoms with E-state index in [-0.39, 0.29) is 23.5 Å². The van der Waals surface area contributed by atoms with E-state index in [1.807, 2.05) is 43.3 Å². The van der Waals surface area contributed by atoms with Crippen LogP contribution in [0.1, 0.15) is 47.8 Å². The van der Waals surface area contributed by atoms with Gasteiger partial charge in [0.25, 0.3) is 0 Å². The van der Waals surface area contributed by atoms with Crippen molar-refractivity contribution in [2.75, 3.05) is 14.2 Å². The van der Waals surface area contributed by atoms with Crippen molar-refractivity contribution in [3.05, 3.63) is 70.4 Å². The fourth-order valence-electron chi connectivity index (χ4n) is 4.47. The number of rotatable bonds is 4. The predicted octanol–water partition coefficient (Wildman–Crippen LogP) is 4.02. The predicted molar refractivity (Wildman–Crippen MR) is 110 cm³/mol. The molecule has 2 aromatic rings. The molecule has 150 valence electrons. The summed E-state index contributed by atoms with van der Waals surface area (Å²) in [6.07, 6.45) is 1.37. The summed E-state index contributed by atoms with van der Waals surface area (Å²) in [5.74, 6) is 1.20. The number of ketones is 1. The third-order valence-corrected chi connectivity index (χ3v) is 5.86. The minimum atomic E-state index is -0.169. The Labute approximate surface area is 170 Å². The number of carbonyl (C=O) groups excluding carboxylic acids is 2. The first-order chi connectivity index (χ1) is 14.0. The van der Waals surface area contributed by atoms with Gasteiger partial charge >= 0.3 is 0 Å². The van der Waals surface area contributed by atoms with Crippen LogP contribution in [0.2, 0.25) is 0 Å². The number of benzene rings is 2. The topological polar surface area (TPSA) is 64.6 Å². The van der Waals surface area contributed by atoms with E-state index in [4.69, 9.17) is 9.47 Å². The van der Waals surface area contributed by atoms with Crippen LogP contribution >= 0.6 is 0 Å². The molecular formula is C24H25NO4. The Kier molecular flexibility index (Phi) is 5.14. The van der Waals surface area contributed by atoms with Gasteiger partial charge in [-0.2, -0.15) is 0 Å². The number of ether oxygens (including phenoxy) is 2. The molecule has 0 spiro atoms. The Balaban J connectivity index is 1.70. The number of nitrogens with one attached hydrogen (secondary N) is 1. The lowest BCUT2D eigenvalue weighted by Gasteiger charge is -2.34. The van der Waals surface area contributed by atoms with E-state index in [9.17, 15) is 9.59 Å². The second-order valence-electron chi connectivity index (χ2n) is 7.75. The average Bonchev–Trinajstić information content (AvgIpc) is 2.72. The van der Waals surface area contributed by atoms with Gasteiger partial charge in [0, 0.05) is 30.0 Å². The fraction of sp³-hybridized carbons (Fsp3) is 0.333. The van der Waals surface area contributed by atoms with E-state index >= 15 is 0 Å². The number of methoxy groups -OCH3 is 2. The Morgan fingerprint density at radius 3 is 2.41 bits per heavy atom. The quantitative estimate of drug-likeness (QED) is 0.855. The molecule has 4 rings (SSSR count). The average molecular weight is 391 g/mol. The molecule has 2 atom stereocenters. The summed E-state index contributed by atoms with van der Waals surface area (Å²) in [5, 5.41) is 2.98. The Hall–Kier alpha value is -3.08. The zero-order chi connectivity index (χ0) is 20.5. The highest BCUT2D eigenvalue weighted by Gasteiger charge is 2.38. The van der Waals surface area contributed by atoms with Crippen LogP contribution in [0.15, 0.2) is 53.7 Å². The first kappa shape index (κ1) is 19.2. The summed E-state index contributed by atoms with van der Waals surface area (Å²) < 4.78 is 10.7. The lowest BCUT2D eigenvalue weighted by atomic mass is 9.73. The van der Waals surface area contributed by atoms with Crippen molar-refractivity contribution in [1.29, 1.82) is 0 Å². The molecule has 1 heterocycles. The molecule has 0 bridgehead atoms. The van der Waals surface area contributed by atoms with Crippen LogP contribution in [0.5, 0.6) is 11.5 Å². The summed E-state index contributed by atoms with van der Waals surface area (Å²) in [6, 6.07) is 13.8. The van der Waals surface area contributed by atoms with Gasteiger partial charge in [-0.05, 0) is 42.5 Å². The summed E-state index contributed by atoms with van der Waals surface area (Å²) in [6.45, 7) is 2.03. The fourth-order valence-corrected chi connectivity index (χ4v) is 4.47. The lowest BCUT2D eigenvalue weighted by molar-refractivity contribution is -0.122. The molecule has 5 heteroatoms. The van der Waals surface area contributed by atoms with Crippen molar-refractivity contribution in [2.24, 2.45) is 0 Å². The van der Waals surface area contributed by atoms with E-state index in [0.717, 1.165) is 28.0 Å². The molecule has 0 unspecified atom stereocenters.